The molecule has 4 heteroatoms. The van der Waals surface area contributed by atoms with Crippen molar-refractivity contribution in [1.29, 1.82) is 0 Å². The van der Waals surface area contributed by atoms with Crippen molar-refractivity contribution in [2.45, 2.75) is 44.8 Å². The van der Waals surface area contributed by atoms with Crippen LogP contribution in [0.5, 0.6) is 0 Å². The van der Waals surface area contributed by atoms with Crippen LogP contribution < -0.4 is 10.4 Å². The molecule has 138 valence electrons. The van der Waals surface area contributed by atoms with E-state index in [1.54, 1.807) is 7.11 Å². The first-order valence-electron chi connectivity index (χ1n) is 9.11. The molecule has 0 fully saturated rings. The fourth-order valence-corrected chi connectivity index (χ4v) is 8.21. The van der Waals surface area contributed by atoms with Crippen LogP contribution in [0.1, 0.15) is 27.2 Å². The van der Waals surface area contributed by atoms with Crippen LogP contribution in [-0.2, 0) is 13.9 Å². The monoisotopic (exact) mass is 368 g/mol. The molecule has 2 aromatic rings. The SMILES string of the molecule is CO[C@@H]1C=CC[C@H](O[Si](c2ccccc2)(c2ccccc2)C(C)(C)C)O1. The Hall–Kier alpha value is -1.72. The molecule has 0 radical (unpaired) electrons. The number of hydrogen-bond acceptors (Lipinski definition) is 3. The maximum Gasteiger partial charge on any atom is 0.264 e. The lowest BCUT2D eigenvalue weighted by Crippen LogP contribution is -2.68. The summed E-state index contributed by atoms with van der Waals surface area (Å²) < 4.78 is 18.3. The molecular formula is C22H28O3Si. The Bertz CT molecular complexity index is 683. The average molecular weight is 369 g/mol. The highest BCUT2D eigenvalue weighted by Gasteiger charge is 2.51. The van der Waals surface area contributed by atoms with Crippen LogP contribution in [-0.4, -0.2) is 28.0 Å². The molecule has 1 aliphatic rings. The van der Waals surface area contributed by atoms with Gasteiger partial charge in [-0.3, -0.25) is 0 Å². The molecule has 0 saturated carbocycles. The van der Waals surface area contributed by atoms with E-state index in [-0.39, 0.29) is 17.6 Å². The Kier molecular flexibility index (Phi) is 5.78. The van der Waals surface area contributed by atoms with Gasteiger partial charge in [-0.25, -0.2) is 0 Å². The van der Waals surface area contributed by atoms with E-state index in [1.165, 1.54) is 10.4 Å². The van der Waals surface area contributed by atoms with Gasteiger partial charge in [-0.15, -0.1) is 0 Å². The van der Waals surface area contributed by atoms with Crippen molar-refractivity contribution >= 4 is 18.7 Å². The van der Waals surface area contributed by atoms with Gasteiger partial charge in [0.15, 0.2) is 12.6 Å². The lowest BCUT2D eigenvalue weighted by Gasteiger charge is -2.45. The van der Waals surface area contributed by atoms with Crippen LogP contribution >= 0.6 is 0 Å². The highest BCUT2D eigenvalue weighted by Crippen LogP contribution is 2.38. The molecule has 0 aliphatic carbocycles. The minimum atomic E-state index is -2.59. The third-order valence-electron chi connectivity index (χ3n) is 4.87. The van der Waals surface area contributed by atoms with Crippen LogP contribution in [0.15, 0.2) is 72.8 Å². The van der Waals surface area contributed by atoms with Crippen LogP contribution in [0.2, 0.25) is 5.04 Å². The zero-order chi connectivity index (χ0) is 18.6. The number of methoxy groups -OCH3 is 1. The number of ether oxygens (including phenoxy) is 2. The molecule has 0 amide bonds. The standard InChI is InChI=1S/C22H28O3Si/c1-22(2,3)26(18-12-7-5-8-13-18,19-14-9-6-10-15-19)25-21-17-11-16-20(23-4)24-21/h5-16,20-21H,17H2,1-4H3/t20-,21-/m0/s1. The van der Waals surface area contributed by atoms with E-state index >= 15 is 0 Å². The van der Waals surface area contributed by atoms with Crippen molar-refractivity contribution < 1.29 is 13.9 Å². The molecule has 1 heterocycles. The molecule has 0 aromatic heterocycles. The lowest BCUT2D eigenvalue weighted by atomic mass is 10.2. The summed E-state index contributed by atoms with van der Waals surface area (Å²) in [6.45, 7) is 6.81. The maximum atomic E-state index is 6.93. The van der Waals surface area contributed by atoms with E-state index < -0.39 is 8.32 Å². The van der Waals surface area contributed by atoms with Crippen molar-refractivity contribution in [3.8, 4) is 0 Å². The van der Waals surface area contributed by atoms with Gasteiger partial charge in [0.25, 0.3) is 8.32 Å². The summed E-state index contributed by atoms with van der Waals surface area (Å²) in [5.41, 5.74) is 0. The van der Waals surface area contributed by atoms with Gasteiger partial charge in [-0.2, -0.15) is 0 Å². The molecule has 2 atom stereocenters. The summed E-state index contributed by atoms with van der Waals surface area (Å²) >= 11 is 0. The Morgan fingerprint density at radius 3 is 1.92 bits per heavy atom. The van der Waals surface area contributed by atoms with Crippen molar-refractivity contribution in [3.05, 3.63) is 72.8 Å². The molecule has 0 spiro atoms. The summed E-state index contributed by atoms with van der Waals surface area (Å²) in [4.78, 5) is 0. The zero-order valence-electron chi connectivity index (χ0n) is 16.0. The Labute approximate surface area is 157 Å². The van der Waals surface area contributed by atoms with Crippen LogP contribution in [0, 0.1) is 0 Å². The van der Waals surface area contributed by atoms with Crippen molar-refractivity contribution in [3.63, 3.8) is 0 Å². The average Bonchev–Trinajstić information content (AvgIpc) is 2.66. The fourth-order valence-electron chi connectivity index (χ4n) is 3.65. The van der Waals surface area contributed by atoms with Gasteiger partial charge in [0.1, 0.15) is 0 Å². The molecule has 3 rings (SSSR count). The molecule has 26 heavy (non-hydrogen) atoms. The van der Waals surface area contributed by atoms with Crippen LogP contribution in [0.3, 0.4) is 0 Å². The first-order valence-corrected chi connectivity index (χ1v) is 11.0. The van der Waals surface area contributed by atoms with E-state index in [4.69, 9.17) is 13.9 Å². The van der Waals surface area contributed by atoms with Crippen LogP contribution in [0.25, 0.3) is 0 Å². The van der Waals surface area contributed by atoms with Gasteiger partial charge in [-0.1, -0.05) is 87.5 Å². The largest absolute Gasteiger partial charge is 0.382 e. The summed E-state index contributed by atoms with van der Waals surface area (Å²) in [5, 5.41) is 2.44. The van der Waals surface area contributed by atoms with E-state index in [1.807, 2.05) is 6.08 Å². The molecule has 1 aliphatic heterocycles. The van der Waals surface area contributed by atoms with E-state index in [9.17, 15) is 0 Å². The summed E-state index contributed by atoms with van der Waals surface area (Å²) in [6, 6.07) is 21.2. The van der Waals surface area contributed by atoms with Crippen LogP contribution in [0.4, 0.5) is 0 Å². The lowest BCUT2D eigenvalue weighted by molar-refractivity contribution is -0.194. The number of rotatable bonds is 5. The highest BCUT2D eigenvalue weighted by molar-refractivity contribution is 6.99. The molecule has 3 nitrogen and oxygen atoms in total. The van der Waals surface area contributed by atoms with E-state index in [2.05, 4.69) is 87.5 Å². The van der Waals surface area contributed by atoms with E-state index in [0.29, 0.717) is 0 Å². The summed E-state index contributed by atoms with van der Waals surface area (Å²) in [6.07, 6.45) is 4.07. The number of benzene rings is 2. The topological polar surface area (TPSA) is 27.7 Å². The fraction of sp³-hybridized carbons (Fsp3) is 0.364. The molecule has 0 saturated heterocycles. The first-order chi connectivity index (χ1) is 12.5. The second-order valence-electron chi connectivity index (χ2n) is 7.61. The van der Waals surface area contributed by atoms with Crippen molar-refractivity contribution in [2.75, 3.05) is 7.11 Å². The Balaban J connectivity index is 2.10. The molecular weight excluding hydrogens is 340 g/mol. The number of hydrogen-bond donors (Lipinski definition) is 0. The quantitative estimate of drug-likeness (QED) is 0.593. The summed E-state index contributed by atoms with van der Waals surface area (Å²) in [7, 11) is -0.941. The van der Waals surface area contributed by atoms with Gasteiger partial charge in [-0.05, 0) is 21.5 Å². The van der Waals surface area contributed by atoms with E-state index in [0.717, 1.165) is 6.42 Å². The Morgan fingerprint density at radius 1 is 0.923 bits per heavy atom. The predicted octanol–water partition coefficient (Wildman–Crippen LogP) is 3.84. The maximum absolute atomic E-state index is 6.93. The van der Waals surface area contributed by atoms with Gasteiger partial charge < -0.3 is 13.9 Å². The molecule has 2 aromatic carbocycles. The second-order valence-corrected chi connectivity index (χ2v) is 11.9. The zero-order valence-corrected chi connectivity index (χ0v) is 17.0. The van der Waals surface area contributed by atoms with Gasteiger partial charge in [0, 0.05) is 13.5 Å². The predicted molar refractivity (Wildman–Crippen MR) is 108 cm³/mol. The third kappa shape index (κ3) is 3.69. The van der Waals surface area contributed by atoms with Gasteiger partial charge >= 0.3 is 0 Å². The minimum absolute atomic E-state index is 0.0667. The molecule has 0 N–H and O–H groups in total. The molecule has 0 unspecified atom stereocenters. The first kappa shape index (κ1) is 19.0. The Morgan fingerprint density at radius 2 is 1.46 bits per heavy atom. The van der Waals surface area contributed by atoms with Gasteiger partial charge in [0.2, 0.25) is 0 Å². The van der Waals surface area contributed by atoms with Crippen molar-refractivity contribution in [1.82, 2.24) is 0 Å². The van der Waals surface area contributed by atoms with Crippen molar-refractivity contribution in [2.24, 2.45) is 0 Å². The highest BCUT2D eigenvalue weighted by atomic mass is 28.4. The third-order valence-corrected chi connectivity index (χ3v) is 9.89. The summed E-state index contributed by atoms with van der Waals surface area (Å²) in [5.74, 6) is 0. The van der Waals surface area contributed by atoms with Gasteiger partial charge in [0.05, 0.1) is 0 Å². The molecule has 0 bridgehead atoms. The smallest absolute Gasteiger partial charge is 0.264 e. The second kappa shape index (κ2) is 7.88. The minimum Gasteiger partial charge on any atom is -0.382 e. The normalized spacial score (nSPS) is 20.9.